The Bertz CT molecular complexity index is 481. The predicted molar refractivity (Wildman–Crippen MR) is 86.2 cm³/mol. The number of halogens is 3. The zero-order valence-electron chi connectivity index (χ0n) is 11.5. The van der Waals surface area contributed by atoms with Crippen LogP contribution in [0.4, 0.5) is 0 Å². The van der Waals surface area contributed by atoms with Gasteiger partial charge in [-0.1, -0.05) is 29.3 Å². The molecule has 0 aromatic heterocycles. The van der Waals surface area contributed by atoms with Crippen LogP contribution in [0.2, 0.25) is 10.0 Å². The molecule has 1 aromatic rings. The number of carbonyl (C=O) groups is 1. The Morgan fingerprint density at radius 3 is 2.70 bits per heavy atom. The average Bonchev–Trinajstić information content (AvgIpc) is 2.41. The number of amides is 1. The fourth-order valence-corrected chi connectivity index (χ4v) is 2.65. The number of benzene rings is 1. The van der Waals surface area contributed by atoms with Crippen molar-refractivity contribution in [2.45, 2.75) is 25.8 Å². The van der Waals surface area contributed by atoms with E-state index in [2.05, 4.69) is 12.2 Å². The summed E-state index contributed by atoms with van der Waals surface area (Å²) in [5.74, 6) is -0.0531. The van der Waals surface area contributed by atoms with E-state index in [1.807, 2.05) is 17.9 Å². The van der Waals surface area contributed by atoms with Crippen LogP contribution < -0.4 is 5.32 Å². The number of rotatable bonds is 2. The van der Waals surface area contributed by atoms with Crippen molar-refractivity contribution in [1.82, 2.24) is 10.2 Å². The molecule has 1 saturated heterocycles. The fourth-order valence-electron chi connectivity index (χ4n) is 2.34. The number of piperazine rings is 1. The lowest BCUT2D eigenvalue weighted by atomic mass is 9.98. The first kappa shape index (κ1) is 17.6. The molecule has 6 heteroatoms. The quantitative estimate of drug-likeness (QED) is 0.897. The Hall–Kier alpha value is -0.480. The van der Waals surface area contributed by atoms with Gasteiger partial charge in [0.05, 0.1) is 16.0 Å². The minimum atomic E-state index is -0.199. The maximum atomic E-state index is 12.5. The summed E-state index contributed by atoms with van der Waals surface area (Å²) in [4.78, 5) is 14.5. The van der Waals surface area contributed by atoms with E-state index >= 15 is 0 Å². The molecule has 1 fully saturated rings. The lowest BCUT2D eigenvalue weighted by Crippen LogP contribution is -2.53. The lowest BCUT2D eigenvalue weighted by molar-refractivity contribution is -0.135. The molecule has 1 N–H and O–H groups in total. The molecule has 2 atom stereocenters. The molecule has 1 heterocycles. The van der Waals surface area contributed by atoms with E-state index in [4.69, 9.17) is 23.2 Å². The highest BCUT2D eigenvalue weighted by molar-refractivity contribution is 6.42. The summed E-state index contributed by atoms with van der Waals surface area (Å²) in [5.41, 5.74) is 0.908. The SMILES string of the molecule is CC(C(=O)N1CCNC[C@H]1C)c1ccc(Cl)c(Cl)c1.Cl. The second-order valence-corrected chi connectivity index (χ2v) is 5.79. The van der Waals surface area contributed by atoms with E-state index in [1.54, 1.807) is 12.1 Å². The third-order valence-corrected chi connectivity index (χ3v) is 4.34. The summed E-state index contributed by atoms with van der Waals surface area (Å²) in [6.07, 6.45) is 0. The molecule has 20 heavy (non-hydrogen) atoms. The van der Waals surface area contributed by atoms with E-state index in [-0.39, 0.29) is 30.3 Å². The van der Waals surface area contributed by atoms with Gasteiger partial charge in [-0.3, -0.25) is 4.79 Å². The standard InChI is InChI=1S/C14H18Cl2N2O.ClH/c1-9-8-17-5-6-18(9)14(19)10(2)11-3-4-12(15)13(16)7-11;/h3-4,7,9-10,17H,5-6,8H2,1-2H3;1H/t9-,10?;/m1./s1. The fraction of sp³-hybridized carbons (Fsp3) is 0.500. The number of carbonyl (C=O) groups excluding carboxylic acids is 1. The number of hydrogen-bond donors (Lipinski definition) is 1. The summed E-state index contributed by atoms with van der Waals surface area (Å²) in [5, 5.41) is 4.29. The van der Waals surface area contributed by atoms with Gasteiger partial charge in [-0.2, -0.15) is 0 Å². The van der Waals surface area contributed by atoms with E-state index in [0.29, 0.717) is 10.0 Å². The van der Waals surface area contributed by atoms with Gasteiger partial charge >= 0.3 is 0 Å². The van der Waals surface area contributed by atoms with Crippen LogP contribution in [0.1, 0.15) is 25.3 Å². The third kappa shape index (κ3) is 3.79. The van der Waals surface area contributed by atoms with Crippen LogP contribution >= 0.6 is 35.6 Å². The Kier molecular flexibility index (Phi) is 6.59. The maximum Gasteiger partial charge on any atom is 0.230 e. The molecule has 0 bridgehead atoms. The Morgan fingerprint density at radius 1 is 1.40 bits per heavy atom. The minimum Gasteiger partial charge on any atom is -0.337 e. The van der Waals surface area contributed by atoms with Crippen molar-refractivity contribution in [2.75, 3.05) is 19.6 Å². The van der Waals surface area contributed by atoms with Gasteiger partial charge in [0.25, 0.3) is 0 Å². The predicted octanol–water partition coefficient (Wildman–Crippen LogP) is 3.34. The van der Waals surface area contributed by atoms with Crippen LogP contribution in [-0.2, 0) is 4.79 Å². The van der Waals surface area contributed by atoms with Gasteiger partial charge in [-0.15, -0.1) is 12.4 Å². The van der Waals surface area contributed by atoms with Crippen LogP contribution in [0.25, 0.3) is 0 Å². The molecular formula is C14H19Cl3N2O. The monoisotopic (exact) mass is 336 g/mol. The van der Waals surface area contributed by atoms with Crippen LogP contribution in [0.15, 0.2) is 18.2 Å². The van der Waals surface area contributed by atoms with Crippen LogP contribution in [0, 0.1) is 0 Å². The van der Waals surface area contributed by atoms with Crippen molar-refractivity contribution in [3.05, 3.63) is 33.8 Å². The molecule has 0 spiro atoms. The van der Waals surface area contributed by atoms with Crippen molar-refractivity contribution < 1.29 is 4.79 Å². The topological polar surface area (TPSA) is 32.3 Å². The highest BCUT2D eigenvalue weighted by Gasteiger charge is 2.27. The Morgan fingerprint density at radius 2 is 2.10 bits per heavy atom. The molecule has 1 unspecified atom stereocenters. The van der Waals surface area contributed by atoms with Gasteiger partial charge in [0.2, 0.25) is 5.91 Å². The van der Waals surface area contributed by atoms with Crippen molar-refractivity contribution in [2.24, 2.45) is 0 Å². The first-order chi connectivity index (χ1) is 9.00. The molecule has 1 aliphatic heterocycles. The third-order valence-electron chi connectivity index (χ3n) is 3.60. The van der Waals surface area contributed by atoms with Gasteiger partial charge in [-0.05, 0) is 31.5 Å². The van der Waals surface area contributed by atoms with Gasteiger partial charge in [-0.25, -0.2) is 0 Å². The Labute approximate surface area is 136 Å². The van der Waals surface area contributed by atoms with E-state index in [9.17, 15) is 4.79 Å². The summed E-state index contributed by atoms with van der Waals surface area (Å²) >= 11 is 11.9. The van der Waals surface area contributed by atoms with Crippen molar-refractivity contribution >= 4 is 41.5 Å². The smallest absolute Gasteiger partial charge is 0.230 e. The molecule has 1 aromatic carbocycles. The second-order valence-electron chi connectivity index (χ2n) is 4.98. The van der Waals surface area contributed by atoms with Crippen LogP contribution in [0.3, 0.4) is 0 Å². The van der Waals surface area contributed by atoms with Crippen molar-refractivity contribution in [3.63, 3.8) is 0 Å². The average molecular weight is 338 g/mol. The molecular weight excluding hydrogens is 319 g/mol. The summed E-state index contributed by atoms with van der Waals surface area (Å²) in [7, 11) is 0. The molecule has 112 valence electrons. The van der Waals surface area contributed by atoms with Gasteiger partial charge in [0.1, 0.15) is 0 Å². The van der Waals surface area contributed by atoms with Crippen LogP contribution in [-0.4, -0.2) is 36.5 Å². The molecule has 2 rings (SSSR count). The zero-order chi connectivity index (χ0) is 14.0. The van der Waals surface area contributed by atoms with Gasteiger partial charge in [0, 0.05) is 25.7 Å². The van der Waals surface area contributed by atoms with Crippen molar-refractivity contribution in [1.29, 1.82) is 0 Å². The number of nitrogens with zero attached hydrogens (tertiary/aromatic N) is 1. The van der Waals surface area contributed by atoms with E-state index in [1.165, 1.54) is 0 Å². The highest BCUT2D eigenvalue weighted by Crippen LogP contribution is 2.27. The molecule has 1 amide bonds. The summed E-state index contributed by atoms with van der Waals surface area (Å²) in [6, 6.07) is 5.61. The van der Waals surface area contributed by atoms with Crippen LogP contribution in [0.5, 0.6) is 0 Å². The summed E-state index contributed by atoms with van der Waals surface area (Å²) < 4.78 is 0. The first-order valence-corrected chi connectivity index (χ1v) is 7.22. The molecule has 0 aliphatic carbocycles. The summed E-state index contributed by atoms with van der Waals surface area (Å²) in [6.45, 7) is 6.43. The normalized spacial score (nSPS) is 20.2. The number of hydrogen-bond acceptors (Lipinski definition) is 2. The Balaban J connectivity index is 0.00000200. The van der Waals surface area contributed by atoms with Gasteiger partial charge < -0.3 is 10.2 Å². The molecule has 3 nitrogen and oxygen atoms in total. The number of nitrogens with one attached hydrogen (secondary N) is 1. The minimum absolute atomic E-state index is 0. The largest absolute Gasteiger partial charge is 0.337 e. The molecule has 0 radical (unpaired) electrons. The van der Waals surface area contributed by atoms with E-state index in [0.717, 1.165) is 25.2 Å². The zero-order valence-corrected chi connectivity index (χ0v) is 13.9. The maximum absolute atomic E-state index is 12.5. The first-order valence-electron chi connectivity index (χ1n) is 6.47. The molecule has 0 saturated carbocycles. The van der Waals surface area contributed by atoms with E-state index < -0.39 is 0 Å². The second kappa shape index (κ2) is 7.51. The van der Waals surface area contributed by atoms with Gasteiger partial charge in [0.15, 0.2) is 0 Å². The van der Waals surface area contributed by atoms with Crippen molar-refractivity contribution in [3.8, 4) is 0 Å². The lowest BCUT2D eigenvalue weighted by Gasteiger charge is -2.35. The molecule has 1 aliphatic rings. The highest BCUT2D eigenvalue weighted by atomic mass is 35.5.